The lowest BCUT2D eigenvalue weighted by atomic mass is 10.0. The summed E-state index contributed by atoms with van der Waals surface area (Å²) in [4.78, 5) is 0. The average Bonchev–Trinajstić information content (AvgIpc) is 3.04. The normalized spacial score (nSPS) is 10.9. The molecule has 0 atom stereocenters. The van der Waals surface area contributed by atoms with Crippen LogP contribution in [-0.4, -0.2) is 0 Å². The van der Waals surface area contributed by atoms with E-state index in [4.69, 9.17) is 4.42 Å². The largest absolute Gasteiger partial charge is 0.469 e. The highest BCUT2D eigenvalue weighted by atomic mass is 16.3. The van der Waals surface area contributed by atoms with E-state index in [2.05, 4.69) is 12.6 Å². The maximum absolute atomic E-state index is 5.35. The first-order chi connectivity index (χ1) is 10.9. The number of hydrogen-bond acceptors (Lipinski definition) is 1. The molecule has 1 aromatic heterocycles. The second-order valence-corrected chi connectivity index (χ2v) is 6.50. The minimum Gasteiger partial charge on any atom is -0.469 e. The van der Waals surface area contributed by atoms with Gasteiger partial charge in [0, 0.05) is 6.42 Å². The predicted molar refractivity (Wildman–Crippen MR) is 97.2 cm³/mol. The third kappa shape index (κ3) is 11.7. The highest BCUT2D eigenvalue weighted by Gasteiger charge is 1.96. The van der Waals surface area contributed by atoms with Crippen molar-refractivity contribution in [2.75, 3.05) is 0 Å². The molecule has 0 saturated carbocycles. The Balaban J connectivity index is 1.69. The van der Waals surface area contributed by atoms with Gasteiger partial charge in [-0.1, -0.05) is 76.7 Å². The van der Waals surface area contributed by atoms with Crippen LogP contribution in [0.1, 0.15) is 95.7 Å². The minimum atomic E-state index is 1.11. The fraction of sp³-hybridized carbons (Fsp3) is 0.714. The van der Waals surface area contributed by atoms with E-state index < -0.39 is 0 Å². The summed E-state index contributed by atoms with van der Waals surface area (Å²) in [6.07, 6.45) is 24.3. The molecule has 1 heterocycles. The molecule has 0 fully saturated rings. The van der Waals surface area contributed by atoms with Gasteiger partial charge < -0.3 is 4.42 Å². The molecule has 0 spiro atoms. The molecule has 126 valence electrons. The third-order valence-electron chi connectivity index (χ3n) is 4.41. The SMILES string of the molecule is C=CCCCCCCCCCCCCCCCc1ccco1. The van der Waals surface area contributed by atoms with Gasteiger partial charge in [-0.2, -0.15) is 0 Å². The fourth-order valence-electron chi connectivity index (χ4n) is 2.99. The smallest absolute Gasteiger partial charge is 0.103 e. The molecule has 22 heavy (non-hydrogen) atoms. The van der Waals surface area contributed by atoms with Crippen LogP contribution in [0.4, 0.5) is 0 Å². The molecule has 1 heteroatoms. The first-order valence-electron chi connectivity index (χ1n) is 9.57. The van der Waals surface area contributed by atoms with Gasteiger partial charge in [0.05, 0.1) is 6.26 Å². The van der Waals surface area contributed by atoms with Crippen LogP contribution < -0.4 is 0 Å². The van der Waals surface area contributed by atoms with Gasteiger partial charge in [-0.25, -0.2) is 0 Å². The Kier molecular flexibility index (Phi) is 12.9. The molecular formula is C21H36O. The molecule has 1 rings (SSSR count). The van der Waals surface area contributed by atoms with E-state index in [0.717, 1.165) is 12.2 Å². The minimum absolute atomic E-state index is 1.11. The van der Waals surface area contributed by atoms with Crippen molar-refractivity contribution in [3.63, 3.8) is 0 Å². The number of unbranched alkanes of at least 4 members (excludes halogenated alkanes) is 13. The summed E-state index contributed by atoms with van der Waals surface area (Å²) in [6, 6.07) is 4.07. The molecule has 1 nitrogen and oxygen atoms in total. The second-order valence-electron chi connectivity index (χ2n) is 6.50. The van der Waals surface area contributed by atoms with Crippen molar-refractivity contribution in [1.82, 2.24) is 0 Å². The number of furan rings is 1. The van der Waals surface area contributed by atoms with Crippen molar-refractivity contribution in [3.8, 4) is 0 Å². The van der Waals surface area contributed by atoms with E-state index in [1.165, 1.54) is 89.9 Å². The summed E-state index contributed by atoms with van der Waals surface area (Å²) < 4.78 is 5.35. The summed E-state index contributed by atoms with van der Waals surface area (Å²) in [5.74, 6) is 1.14. The third-order valence-corrected chi connectivity index (χ3v) is 4.41. The lowest BCUT2D eigenvalue weighted by Crippen LogP contribution is -1.85. The monoisotopic (exact) mass is 304 g/mol. The van der Waals surface area contributed by atoms with Crippen LogP contribution in [0.5, 0.6) is 0 Å². The molecule has 0 saturated heterocycles. The quantitative estimate of drug-likeness (QED) is 0.228. The topological polar surface area (TPSA) is 13.1 Å². The Morgan fingerprint density at radius 1 is 0.727 bits per heavy atom. The molecule has 0 aliphatic carbocycles. The molecular weight excluding hydrogens is 268 g/mol. The van der Waals surface area contributed by atoms with E-state index in [1.807, 2.05) is 12.1 Å². The van der Waals surface area contributed by atoms with Gasteiger partial charge in [0.15, 0.2) is 0 Å². The Morgan fingerprint density at radius 3 is 1.68 bits per heavy atom. The Morgan fingerprint density at radius 2 is 1.23 bits per heavy atom. The van der Waals surface area contributed by atoms with Crippen LogP contribution >= 0.6 is 0 Å². The Labute approximate surface area is 138 Å². The zero-order valence-electron chi connectivity index (χ0n) is 14.5. The molecule has 0 aliphatic rings. The molecule has 0 unspecified atom stereocenters. The summed E-state index contributed by atoms with van der Waals surface area (Å²) >= 11 is 0. The van der Waals surface area contributed by atoms with E-state index in [-0.39, 0.29) is 0 Å². The van der Waals surface area contributed by atoms with Crippen LogP contribution in [0.15, 0.2) is 35.5 Å². The first kappa shape index (κ1) is 19.1. The van der Waals surface area contributed by atoms with Crippen LogP contribution in [0, 0.1) is 0 Å². The second kappa shape index (κ2) is 14.9. The van der Waals surface area contributed by atoms with E-state index >= 15 is 0 Å². The zero-order valence-corrected chi connectivity index (χ0v) is 14.5. The van der Waals surface area contributed by atoms with Crippen molar-refractivity contribution in [2.24, 2.45) is 0 Å². The highest BCUT2D eigenvalue weighted by molar-refractivity contribution is 4.97. The molecule has 0 aliphatic heterocycles. The van der Waals surface area contributed by atoms with Crippen molar-refractivity contribution in [1.29, 1.82) is 0 Å². The van der Waals surface area contributed by atoms with Crippen molar-refractivity contribution < 1.29 is 4.42 Å². The van der Waals surface area contributed by atoms with Gasteiger partial charge in [-0.05, 0) is 31.4 Å². The molecule has 1 aromatic rings. The summed E-state index contributed by atoms with van der Waals surface area (Å²) in [5, 5.41) is 0. The molecule has 0 N–H and O–H groups in total. The zero-order chi connectivity index (χ0) is 15.7. The number of aryl methyl sites for hydroxylation is 1. The van der Waals surface area contributed by atoms with Gasteiger partial charge in [-0.15, -0.1) is 6.58 Å². The van der Waals surface area contributed by atoms with Gasteiger partial charge in [0.1, 0.15) is 5.76 Å². The first-order valence-corrected chi connectivity index (χ1v) is 9.57. The molecule has 0 radical (unpaired) electrons. The molecule has 0 bridgehead atoms. The lowest BCUT2D eigenvalue weighted by molar-refractivity contribution is 0.489. The molecule has 0 amide bonds. The number of rotatable bonds is 16. The lowest BCUT2D eigenvalue weighted by Gasteiger charge is -2.03. The van der Waals surface area contributed by atoms with E-state index in [1.54, 1.807) is 6.26 Å². The van der Waals surface area contributed by atoms with E-state index in [0.29, 0.717) is 0 Å². The maximum atomic E-state index is 5.35. The van der Waals surface area contributed by atoms with Crippen LogP contribution in [-0.2, 0) is 6.42 Å². The van der Waals surface area contributed by atoms with Crippen molar-refractivity contribution >= 4 is 0 Å². The fourth-order valence-corrected chi connectivity index (χ4v) is 2.99. The van der Waals surface area contributed by atoms with Crippen LogP contribution in [0.25, 0.3) is 0 Å². The molecule has 0 aromatic carbocycles. The van der Waals surface area contributed by atoms with Gasteiger partial charge >= 0.3 is 0 Å². The maximum Gasteiger partial charge on any atom is 0.103 e. The average molecular weight is 305 g/mol. The summed E-state index contributed by atoms with van der Waals surface area (Å²) in [5.41, 5.74) is 0. The van der Waals surface area contributed by atoms with Crippen LogP contribution in [0.3, 0.4) is 0 Å². The number of hydrogen-bond donors (Lipinski definition) is 0. The number of allylic oxidation sites excluding steroid dienone is 1. The standard InChI is InChI=1S/C21H36O/c1-2-3-4-5-6-7-8-9-10-11-12-13-14-15-16-18-21-19-17-20-22-21/h2,17,19-20H,1,3-16,18H2. The predicted octanol–water partition coefficient (Wildman–Crippen LogP) is 7.47. The Hall–Kier alpha value is -0.980. The summed E-state index contributed by atoms with van der Waals surface area (Å²) in [6.45, 7) is 3.77. The van der Waals surface area contributed by atoms with E-state index in [9.17, 15) is 0 Å². The van der Waals surface area contributed by atoms with Crippen molar-refractivity contribution in [2.45, 2.75) is 96.3 Å². The Bertz CT molecular complexity index is 326. The van der Waals surface area contributed by atoms with Crippen molar-refractivity contribution in [3.05, 3.63) is 36.8 Å². The van der Waals surface area contributed by atoms with Crippen LogP contribution in [0.2, 0.25) is 0 Å². The van der Waals surface area contributed by atoms with Gasteiger partial charge in [0.25, 0.3) is 0 Å². The van der Waals surface area contributed by atoms with Gasteiger partial charge in [-0.3, -0.25) is 0 Å². The van der Waals surface area contributed by atoms with Gasteiger partial charge in [0.2, 0.25) is 0 Å². The summed E-state index contributed by atoms with van der Waals surface area (Å²) in [7, 11) is 0. The highest BCUT2D eigenvalue weighted by Crippen LogP contribution is 2.14.